The fourth-order valence-electron chi connectivity index (χ4n) is 1.99. The minimum absolute atomic E-state index is 0.170. The Labute approximate surface area is 142 Å². The summed E-state index contributed by atoms with van der Waals surface area (Å²) in [5.74, 6) is -0.235. The Hall–Kier alpha value is -3.12. The number of halogens is 1. The lowest BCUT2D eigenvalue weighted by Crippen LogP contribution is -2.17. The third kappa shape index (κ3) is 3.80. The van der Waals surface area contributed by atoms with Gasteiger partial charge in [-0.15, -0.1) is 0 Å². The second-order valence-corrected chi connectivity index (χ2v) is 5.40. The molecular formula is C17H13ClN4O2. The van der Waals surface area contributed by atoms with Gasteiger partial charge in [0.25, 0.3) is 5.91 Å². The maximum Gasteiger partial charge on any atom is 0.289 e. The van der Waals surface area contributed by atoms with Crippen LogP contribution in [0.5, 0.6) is 5.75 Å². The molecule has 0 aliphatic rings. The number of phenolic OH excluding ortho intramolecular Hbond substituents is 1. The van der Waals surface area contributed by atoms with Crippen molar-refractivity contribution >= 4 is 23.7 Å². The molecule has 0 spiro atoms. The smallest absolute Gasteiger partial charge is 0.289 e. The molecule has 3 rings (SSSR count). The zero-order valence-electron chi connectivity index (χ0n) is 12.4. The number of phenols is 1. The number of carbonyl (C=O) groups is 1. The quantitative estimate of drug-likeness (QED) is 0.503. The number of hydrazone groups is 1. The van der Waals surface area contributed by atoms with E-state index in [4.69, 9.17) is 11.6 Å². The summed E-state index contributed by atoms with van der Waals surface area (Å²) in [5, 5.41) is 20.5. The maximum atomic E-state index is 12.0. The first-order valence-electron chi connectivity index (χ1n) is 7.05. The summed E-state index contributed by atoms with van der Waals surface area (Å²) >= 11 is 5.85. The molecule has 0 saturated carbocycles. The molecule has 0 fully saturated rings. The predicted molar refractivity (Wildman–Crippen MR) is 92.2 cm³/mol. The third-order valence-corrected chi connectivity index (χ3v) is 3.49. The number of amides is 1. The molecule has 7 heteroatoms. The number of hydrogen-bond acceptors (Lipinski definition) is 4. The van der Waals surface area contributed by atoms with Crippen molar-refractivity contribution in [3.63, 3.8) is 0 Å². The Morgan fingerprint density at radius 1 is 1.17 bits per heavy atom. The molecule has 3 N–H and O–H groups in total. The number of hydrogen-bond donors (Lipinski definition) is 3. The van der Waals surface area contributed by atoms with E-state index in [9.17, 15) is 9.90 Å². The zero-order chi connectivity index (χ0) is 16.9. The van der Waals surface area contributed by atoms with Crippen LogP contribution in [-0.2, 0) is 0 Å². The van der Waals surface area contributed by atoms with Crippen LogP contribution in [0.4, 0.5) is 0 Å². The van der Waals surface area contributed by atoms with E-state index in [1.165, 1.54) is 18.3 Å². The van der Waals surface area contributed by atoms with Crippen molar-refractivity contribution in [1.29, 1.82) is 0 Å². The molecule has 1 amide bonds. The molecule has 24 heavy (non-hydrogen) atoms. The van der Waals surface area contributed by atoms with Crippen molar-refractivity contribution in [2.75, 3.05) is 0 Å². The molecule has 0 aliphatic carbocycles. The van der Waals surface area contributed by atoms with Gasteiger partial charge in [0.05, 0.1) is 11.9 Å². The third-order valence-electron chi connectivity index (χ3n) is 3.24. The van der Waals surface area contributed by atoms with E-state index in [0.717, 1.165) is 11.1 Å². The van der Waals surface area contributed by atoms with Crippen molar-refractivity contribution < 1.29 is 9.90 Å². The number of nitrogens with zero attached hydrogens (tertiary/aromatic N) is 2. The van der Waals surface area contributed by atoms with Crippen LogP contribution in [0.1, 0.15) is 16.1 Å². The first-order chi connectivity index (χ1) is 11.6. The molecule has 0 bridgehead atoms. The van der Waals surface area contributed by atoms with Crippen molar-refractivity contribution in [3.8, 4) is 17.0 Å². The molecule has 120 valence electrons. The first kappa shape index (κ1) is 15.8. The molecular weight excluding hydrogens is 328 g/mol. The van der Waals surface area contributed by atoms with Gasteiger partial charge in [-0.1, -0.05) is 23.7 Å². The van der Waals surface area contributed by atoms with Crippen LogP contribution in [0.3, 0.4) is 0 Å². The molecule has 0 radical (unpaired) electrons. The van der Waals surface area contributed by atoms with Crippen molar-refractivity contribution in [3.05, 3.63) is 70.9 Å². The monoisotopic (exact) mass is 340 g/mol. The van der Waals surface area contributed by atoms with E-state index >= 15 is 0 Å². The molecule has 6 nitrogen and oxygen atoms in total. The van der Waals surface area contributed by atoms with Gasteiger partial charge in [0.2, 0.25) is 0 Å². The SMILES string of the molecule is O=C(N/N=C/c1ccc(O)cc1)c1cc(-c2ccc(Cl)cc2)n[nH]1. The summed E-state index contributed by atoms with van der Waals surface area (Å²) in [4.78, 5) is 12.0. The average molecular weight is 341 g/mol. The van der Waals surface area contributed by atoms with Gasteiger partial charge < -0.3 is 5.11 Å². The Kier molecular flexibility index (Phi) is 4.58. The van der Waals surface area contributed by atoms with E-state index in [2.05, 4.69) is 20.7 Å². The van der Waals surface area contributed by atoms with E-state index in [1.807, 2.05) is 12.1 Å². The molecule has 0 aliphatic heterocycles. The van der Waals surface area contributed by atoms with E-state index in [1.54, 1.807) is 30.3 Å². The Morgan fingerprint density at radius 3 is 2.58 bits per heavy atom. The lowest BCUT2D eigenvalue weighted by atomic mass is 10.1. The van der Waals surface area contributed by atoms with Gasteiger partial charge in [-0.3, -0.25) is 9.89 Å². The van der Waals surface area contributed by atoms with Gasteiger partial charge in [0.15, 0.2) is 0 Å². The molecule has 3 aromatic rings. The molecule has 0 saturated heterocycles. The fourth-order valence-corrected chi connectivity index (χ4v) is 2.12. The highest BCUT2D eigenvalue weighted by atomic mass is 35.5. The van der Waals surface area contributed by atoms with E-state index in [-0.39, 0.29) is 5.75 Å². The van der Waals surface area contributed by atoms with Crippen LogP contribution in [0, 0.1) is 0 Å². The number of carbonyl (C=O) groups excluding carboxylic acids is 1. The van der Waals surface area contributed by atoms with Crippen LogP contribution in [0.25, 0.3) is 11.3 Å². The lowest BCUT2D eigenvalue weighted by Gasteiger charge is -1.96. The highest BCUT2D eigenvalue weighted by molar-refractivity contribution is 6.30. The average Bonchev–Trinajstić information content (AvgIpc) is 3.07. The van der Waals surface area contributed by atoms with Crippen molar-refractivity contribution in [2.24, 2.45) is 5.10 Å². The van der Waals surface area contributed by atoms with E-state index in [0.29, 0.717) is 16.4 Å². The number of benzene rings is 2. The second kappa shape index (κ2) is 6.97. The molecule has 1 aromatic heterocycles. The minimum atomic E-state index is -0.405. The van der Waals surface area contributed by atoms with Gasteiger partial charge >= 0.3 is 0 Å². The van der Waals surface area contributed by atoms with Gasteiger partial charge in [-0.2, -0.15) is 10.2 Å². The summed E-state index contributed by atoms with van der Waals surface area (Å²) in [7, 11) is 0. The topological polar surface area (TPSA) is 90.4 Å². The highest BCUT2D eigenvalue weighted by Gasteiger charge is 2.10. The maximum absolute atomic E-state index is 12.0. The summed E-state index contributed by atoms with van der Waals surface area (Å²) in [6, 6.07) is 15.2. The van der Waals surface area contributed by atoms with Gasteiger partial charge in [-0.05, 0) is 48.0 Å². The number of aromatic amines is 1. The minimum Gasteiger partial charge on any atom is -0.508 e. The van der Waals surface area contributed by atoms with Crippen molar-refractivity contribution in [1.82, 2.24) is 15.6 Å². The van der Waals surface area contributed by atoms with Crippen molar-refractivity contribution in [2.45, 2.75) is 0 Å². The van der Waals surface area contributed by atoms with Gasteiger partial charge in [0.1, 0.15) is 11.4 Å². The Bertz CT molecular complexity index is 870. The van der Waals surface area contributed by atoms with Crippen LogP contribution in [0.15, 0.2) is 59.7 Å². The number of H-pyrrole nitrogens is 1. The fraction of sp³-hybridized carbons (Fsp3) is 0. The predicted octanol–water partition coefficient (Wildman–Crippen LogP) is 3.20. The lowest BCUT2D eigenvalue weighted by molar-refractivity contribution is 0.0950. The number of nitrogens with one attached hydrogen (secondary N) is 2. The second-order valence-electron chi connectivity index (χ2n) is 4.96. The molecule has 0 unspecified atom stereocenters. The van der Waals surface area contributed by atoms with Gasteiger partial charge in [0, 0.05) is 10.6 Å². The Balaban J connectivity index is 1.65. The largest absolute Gasteiger partial charge is 0.508 e. The normalized spacial score (nSPS) is 10.9. The van der Waals surface area contributed by atoms with Crippen LogP contribution in [0.2, 0.25) is 5.02 Å². The molecule has 0 atom stereocenters. The summed E-state index contributed by atoms with van der Waals surface area (Å²) in [5.41, 5.74) is 4.94. The molecule has 1 heterocycles. The summed E-state index contributed by atoms with van der Waals surface area (Å²) < 4.78 is 0. The number of rotatable bonds is 4. The summed E-state index contributed by atoms with van der Waals surface area (Å²) in [6.07, 6.45) is 1.48. The first-order valence-corrected chi connectivity index (χ1v) is 7.43. The summed E-state index contributed by atoms with van der Waals surface area (Å²) in [6.45, 7) is 0. The van der Waals surface area contributed by atoms with Gasteiger partial charge in [-0.25, -0.2) is 5.43 Å². The van der Waals surface area contributed by atoms with Crippen LogP contribution >= 0.6 is 11.6 Å². The number of aromatic hydroxyl groups is 1. The number of aromatic nitrogens is 2. The molecule has 2 aromatic carbocycles. The highest BCUT2D eigenvalue weighted by Crippen LogP contribution is 2.20. The standard InChI is InChI=1S/C17H13ClN4O2/c18-13-5-3-12(4-6-13)15-9-16(21-20-15)17(24)22-19-10-11-1-7-14(23)8-2-11/h1-10,23H,(H,20,21)(H,22,24)/b19-10+. The van der Waals surface area contributed by atoms with Crippen LogP contribution < -0.4 is 5.43 Å². The van der Waals surface area contributed by atoms with E-state index < -0.39 is 5.91 Å². The zero-order valence-corrected chi connectivity index (χ0v) is 13.2. The Morgan fingerprint density at radius 2 is 1.88 bits per heavy atom. The van der Waals surface area contributed by atoms with Crippen LogP contribution in [-0.4, -0.2) is 27.4 Å².